The van der Waals surface area contributed by atoms with Gasteiger partial charge in [-0.3, -0.25) is 4.99 Å². The molecule has 126 valence electrons. The van der Waals surface area contributed by atoms with Crippen LogP contribution in [-0.4, -0.2) is 42.9 Å². The largest absolute Gasteiger partial charge is 0.416 e. The number of alkyl halides is 3. The molecule has 0 amide bonds. The highest BCUT2D eigenvalue weighted by Crippen LogP contribution is 2.37. The zero-order valence-electron chi connectivity index (χ0n) is 12.2. The number of benzene rings is 1. The van der Waals surface area contributed by atoms with Crippen LogP contribution in [0.15, 0.2) is 29.3 Å². The Balaban J connectivity index is 2.01. The van der Waals surface area contributed by atoms with Crippen LogP contribution >= 0.6 is 11.8 Å². The maximum atomic E-state index is 12.9. The van der Waals surface area contributed by atoms with E-state index in [1.165, 1.54) is 17.8 Å². The summed E-state index contributed by atoms with van der Waals surface area (Å²) in [6.07, 6.45) is -4.44. The van der Waals surface area contributed by atoms with Crippen LogP contribution in [0.1, 0.15) is 12.5 Å². The van der Waals surface area contributed by atoms with E-state index >= 15 is 0 Å². The van der Waals surface area contributed by atoms with Crippen molar-refractivity contribution >= 4 is 32.5 Å². The number of aliphatic imine (C=N–C) groups is 1. The molecule has 1 saturated heterocycles. The Morgan fingerprint density at radius 1 is 1.35 bits per heavy atom. The number of hydrogen-bond acceptors (Lipinski definition) is 5. The van der Waals surface area contributed by atoms with Crippen molar-refractivity contribution in [1.29, 1.82) is 0 Å². The van der Waals surface area contributed by atoms with E-state index in [0.717, 1.165) is 12.1 Å². The number of amidine groups is 1. The maximum Gasteiger partial charge on any atom is 0.416 e. The molecule has 0 bridgehead atoms. The van der Waals surface area contributed by atoms with Gasteiger partial charge in [0.2, 0.25) is 0 Å². The lowest BCUT2D eigenvalue weighted by atomic mass is 10.1. The molecule has 0 saturated carbocycles. The Hall–Kier alpha value is -1.22. The molecule has 4 nitrogen and oxygen atoms in total. The van der Waals surface area contributed by atoms with Crippen LogP contribution in [0, 0.1) is 0 Å². The summed E-state index contributed by atoms with van der Waals surface area (Å²) in [4.78, 5) is 6.08. The molecule has 0 radical (unpaired) electrons. The quantitative estimate of drug-likeness (QED) is 0.810. The number of nitrogens with zero attached hydrogens (tertiary/aromatic N) is 2. The second-order valence-electron chi connectivity index (χ2n) is 5.47. The molecule has 2 heterocycles. The molecule has 0 aliphatic carbocycles. The number of anilines is 1. The van der Waals surface area contributed by atoms with Gasteiger partial charge in [0.1, 0.15) is 0 Å². The molecule has 3 rings (SSSR count). The standard InChI is InChI=1S/C14H15F3N2O2S2/c1-2-22-13-18-11-7-23(20,21)8-12(11)19(13)10-5-3-4-9(6-10)14(15,16)17/h3-6,11-12H,2,7-8H2,1H3/t11-,12-/m0/s1. The van der Waals surface area contributed by atoms with Crippen LogP contribution in [0.5, 0.6) is 0 Å². The van der Waals surface area contributed by atoms with Crippen molar-refractivity contribution in [3.63, 3.8) is 0 Å². The molecular formula is C14H15F3N2O2S2. The minimum absolute atomic E-state index is 0.0408. The molecule has 1 fully saturated rings. The zero-order chi connectivity index (χ0) is 16.8. The first-order chi connectivity index (χ1) is 10.7. The fourth-order valence-corrected chi connectivity index (χ4v) is 5.59. The number of hydrogen-bond donors (Lipinski definition) is 0. The van der Waals surface area contributed by atoms with Crippen LogP contribution in [0.2, 0.25) is 0 Å². The summed E-state index contributed by atoms with van der Waals surface area (Å²) in [7, 11) is -3.20. The maximum absolute atomic E-state index is 12.9. The second-order valence-corrected chi connectivity index (χ2v) is 8.86. The minimum atomic E-state index is -4.44. The average molecular weight is 364 g/mol. The van der Waals surface area contributed by atoms with Gasteiger partial charge in [-0.05, 0) is 24.0 Å². The normalized spacial score (nSPS) is 26.3. The summed E-state index contributed by atoms with van der Waals surface area (Å²) >= 11 is 1.41. The Morgan fingerprint density at radius 3 is 2.74 bits per heavy atom. The van der Waals surface area contributed by atoms with Gasteiger partial charge in [0.25, 0.3) is 0 Å². The van der Waals surface area contributed by atoms with Crippen LogP contribution in [0.4, 0.5) is 18.9 Å². The number of thioether (sulfide) groups is 1. The molecular weight excluding hydrogens is 349 g/mol. The molecule has 2 aliphatic heterocycles. The molecule has 2 aliphatic rings. The Labute approximate surface area is 136 Å². The minimum Gasteiger partial charge on any atom is -0.315 e. The van der Waals surface area contributed by atoms with Gasteiger partial charge in [0, 0.05) is 5.69 Å². The highest BCUT2D eigenvalue weighted by atomic mass is 32.2. The molecule has 2 atom stereocenters. The van der Waals surface area contributed by atoms with Gasteiger partial charge in [-0.15, -0.1) is 0 Å². The SMILES string of the molecule is CCSC1=N[C@H]2CS(=O)(=O)C[C@@H]2N1c1cccc(C(F)(F)F)c1. The smallest absolute Gasteiger partial charge is 0.315 e. The van der Waals surface area contributed by atoms with E-state index in [-0.39, 0.29) is 11.5 Å². The first-order valence-electron chi connectivity index (χ1n) is 7.09. The first-order valence-corrected chi connectivity index (χ1v) is 9.89. The van der Waals surface area contributed by atoms with E-state index in [9.17, 15) is 21.6 Å². The molecule has 0 unspecified atom stereocenters. The van der Waals surface area contributed by atoms with E-state index in [2.05, 4.69) is 4.99 Å². The third-order valence-electron chi connectivity index (χ3n) is 3.83. The lowest BCUT2D eigenvalue weighted by molar-refractivity contribution is -0.137. The van der Waals surface area contributed by atoms with Crippen molar-refractivity contribution in [3.05, 3.63) is 29.8 Å². The lowest BCUT2D eigenvalue weighted by Crippen LogP contribution is -2.39. The summed E-state index contributed by atoms with van der Waals surface area (Å²) in [5, 5.41) is 0.594. The van der Waals surface area contributed by atoms with Crippen molar-refractivity contribution in [3.8, 4) is 0 Å². The third-order valence-corrected chi connectivity index (χ3v) is 6.38. The number of rotatable bonds is 2. The predicted molar refractivity (Wildman–Crippen MR) is 85.7 cm³/mol. The molecule has 0 aromatic heterocycles. The highest BCUT2D eigenvalue weighted by molar-refractivity contribution is 8.14. The van der Waals surface area contributed by atoms with Crippen LogP contribution < -0.4 is 4.90 Å². The van der Waals surface area contributed by atoms with E-state index in [1.807, 2.05) is 6.92 Å². The predicted octanol–water partition coefficient (Wildman–Crippen LogP) is 2.80. The topological polar surface area (TPSA) is 49.7 Å². The zero-order valence-corrected chi connectivity index (χ0v) is 13.9. The first kappa shape index (κ1) is 16.6. The van der Waals surface area contributed by atoms with Gasteiger partial charge in [0.15, 0.2) is 15.0 Å². The summed E-state index contributed by atoms with van der Waals surface area (Å²) < 4.78 is 62.5. The van der Waals surface area contributed by atoms with Gasteiger partial charge in [-0.25, -0.2) is 8.42 Å². The van der Waals surface area contributed by atoms with Crippen molar-refractivity contribution in [2.75, 3.05) is 22.2 Å². The van der Waals surface area contributed by atoms with Gasteiger partial charge >= 0.3 is 6.18 Å². The van der Waals surface area contributed by atoms with Gasteiger partial charge in [-0.2, -0.15) is 13.2 Å². The monoisotopic (exact) mass is 364 g/mol. The second kappa shape index (κ2) is 5.70. The van der Waals surface area contributed by atoms with Crippen LogP contribution in [0.3, 0.4) is 0 Å². The molecule has 1 aromatic rings. The summed E-state index contributed by atoms with van der Waals surface area (Å²) in [5.74, 6) is 0.590. The van der Waals surface area contributed by atoms with E-state index in [1.54, 1.807) is 11.0 Å². The van der Waals surface area contributed by atoms with Crippen molar-refractivity contribution in [2.45, 2.75) is 25.2 Å². The fraction of sp³-hybridized carbons (Fsp3) is 0.500. The number of halogens is 3. The van der Waals surface area contributed by atoms with Crippen LogP contribution in [0.25, 0.3) is 0 Å². The van der Waals surface area contributed by atoms with Gasteiger partial charge in [-0.1, -0.05) is 24.8 Å². The fourth-order valence-electron chi connectivity index (χ4n) is 2.90. The van der Waals surface area contributed by atoms with E-state index in [0.29, 0.717) is 16.6 Å². The summed E-state index contributed by atoms with van der Waals surface area (Å²) in [6, 6.07) is 4.14. The number of fused-ring (bicyclic) bond motifs is 1. The third kappa shape index (κ3) is 3.21. The number of sulfone groups is 1. The van der Waals surface area contributed by atoms with Crippen molar-refractivity contribution in [1.82, 2.24) is 0 Å². The average Bonchev–Trinajstić information content (AvgIpc) is 2.89. The summed E-state index contributed by atoms with van der Waals surface area (Å²) in [5.41, 5.74) is -0.413. The van der Waals surface area contributed by atoms with Crippen molar-refractivity contribution < 1.29 is 21.6 Å². The highest BCUT2D eigenvalue weighted by Gasteiger charge is 2.47. The molecule has 23 heavy (non-hydrogen) atoms. The Morgan fingerprint density at radius 2 is 2.09 bits per heavy atom. The Kier molecular flexibility index (Phi) is 4.12. The van der Waals surface area contributed by atoms with Crippen LogP contribution in [-0.2, 0) is 16.0 Å². The lowest BCUT2D eigenvalue weighted by Gasteiger charge is -2.27. The van der Waals surface area contributed by atoms with Gasteiger partial charge < -0.3 is 4.90 Å². The van der Waals surface area contributed by atoms with E-state index in [4.69, 9.17) is 0 Å². The molecule has 0 N–H and O–H groups in total. The molecule has 9 heteroatoms. The summed E-state index contributed by atoms with van der Waals surface area (Å²) in [6.45, 7) is 1.92. The van der Waals surface area contributed by atoms with E-state index < -0.39 is 33.7 Å². The van der Waals surface area contributed by atoms with Crippen molar-refractivity contribution in [2.24, 2.45) is 4.99 Å². The Bertz CT molecular complexity index is 747. The van der Waals surface area contributed by atoms with Gasteiger partial charge in [0.05, 0.1) is 29.2 Å². The molecule has 1 aromatic carbocycles. The molecule has 0 spiro atoms.